The van der Waals surface area contributed by atoms with Crippen molar-refractivity contribution in [2.24, 2.45) is 0 Å². The maximum absolute atomic E-state index is 12.9. The molecule has 1 saturated heterocycles. The highest BCUT2D eigenvalue weighted by Gasteiger charge is 2.29. The summed E-state index contributed by atoms with van der Waals surface area (Å²) in [6.45, 7) is 1.43. The summed E-state index contributed by atoms with van der Waals surface area (Å²) in [5, 5.41) is 1.63. The van der Waals surface area contributed by atoms with Crippen LogP contribution in [0.5, 0.6) is 0 Å². The van der Waals surface area contributed by atoms with Gasteiger partial charge in [0.05, 0.1) is 23.4 Å². The van der Waals surface area contributed by atoms with Gasteiger partial charge < -0.3 is 14.5 Å². The lowest BCUT2D eigenvalue weighted by molar-refractivity contribution is 0.0783. The molecule has 0 radical (unpaired) electrons. The van der Waals surface area contributed by atoms with Crippen molar-refractivity contribution >= 4 is 39.4 Å². The van der Waals surface area contributed by atoms with E-state index in [1.54, 1.807) is 0 Å². The Balaban J connectivity index is 1.40. The van der Waals surface area contributed by atoms with Gasteiger partial charge in [0.15, 0.2) is 0 Å². The predicted molar refractivity (Wildman–Crippen MR) is 103 cm³/mol. The Morgan fingerprint density at radius 2 is 2.08 bits per heavy atom. The van der Waals surface area contributed by atoms with Crippen LogP contribution in [0.15, 0.2) is 54.9 Å². The van der Waals surface area contributed by atoms with Crippen LogP contribution in [-0.2, 0) is 0 Å². The lowest BCUT2D eigenvalue weighted by Crippen LogP contribution is -2.29. The zero-order chi connectivity index (χ0) is 17.7. The molecule has 1 aliphatic heterocycles. The minimum Gasteiger partial charge on any atom is -0.351 e. The summed E-state index contributed by atoms with van der Waals surface area (Å²) < 4.78 is 2.19. The molecular formula is C20H17ClN4O. The lowest BCUT2D eigenvalue weighted by Gasteiger charge is -2.16. The van der Waals surface area contributed by atoms with E-state index >= 15 is 0 Å². The molecule has 3 heterocycles. The first-order valence-corrected chi connectivity index (χ1v) is 9.06. The van der Waals surface area contributed by atoms with Crippen LogP contribution in [0.2, 0.25) is 5.02 Å². The fourth-order valence-electron chi connectivity index (χ4n) is 3.81. The molecule has 4 aromatic rings. The standard InChI is InChI=1S/C20H17ClN4O/c21-14-5-6-16-13(9-14)10-18(23-16)20(26)24-8-7-15(11-24)25-12-22-17-3-1-2-4-19(17)25/h1-6,9-10,12,15,23H,7-8,11H2/t15-/m0/s1. The molecule has 0 spiro atoms. The second kappa shape index (κ2) is 5.88. The van der Waals surface area contributed by atoms with Gasteiger partial charge in [0, 0.05) is 29.0 Å². The van der Waals surface area contributed by atoms with Gasteiger partial charge in [-0.05, 0) is 42.8 Å². The van der Waals surface area contributed by atoms with Crippen molar-refractivity contribution in [1.29, 1.82) is 0 Å². The number of H-pyrrole nitrogens is 1. The number of fused-ring (bicyclic) bond motifs is 2. The smallest absolute Gasteiger partial charge is 0.270 e. The summed E-state index contributed by atoms with van der Waals surface area (Å²) >= 11 is 6.04. The number of likely N-dealkylation sites (tertiary alicyclic amines) is 1. The Morgan fingerprint density at radius 3 is 3.00 bits per heavy atom. The number of carbonyl (C=O) groups excluding carboxylic acids is 1. The first-order chi connectivity index (χ1) is 12.7. The molecule has 5 nitrogen and oxygen atoms in total. The van der Waals surface area contributed by atoms with E-state index in [4.69, 9.17) is 11.6 Å². The zero-order valence-corrected chi connectivity index (χ0v) is 14.8. The number of hydrogen-bond acceptors (Lipinski definition) is 2. The van der Waals surface area contributed by atoms with Gasteiger partial charge in [-0.3, -0.25) is 4.79 Å². The van der Waals surface area contributed by atoms with Crippen LogP contribution in [0.1, 0.15) is 23.0 Å². The molecule has 1 N–H and O–H groups in total. The Morgan fingerprint density at radius 1 is 1.19 bits per heavy atom. The molecule has 0 bridgehead atoms. The summed E-state index contributed by atoms with van der Waals surface area (Å²) in [6, 6.07) is 15.8. The third-order valence-corrected chi connectivity index (χ3v) is 5.37. The number of para-hydroxylation sites is 2. The SMILES string of the molecule is O=C(c1cc2cc(Cl)ccc2[nH]1)N1CC[C@H](n2cnc3ccccc32)C1. The van der Waals surface area contributed by atoms with Crippen LogP contribution >= 0.6 is 11.6 Å². The van der Waals surface area contributed by atoms with Gasteiger partial charge in [-0.1, -0.05) is 23.7 Å². The van der Waals surface area contributed by atoms with Crippen molar-refractivity contribution in [2.75, 3.05) is 13.1 Å². The highest BCUT2D eigenvalue weighted by atomic mass is 35.5. The number of rotatable bonds is 2. The van der Waals surface area contributed by atoms with Crippen LogP contribution in [0, 0.1) is 0 Å². The van der Waals surface area contributed by atoms with E-state index in [0.717, 1.165) is 34.9 Å². The Bertz CT molecular complexity index is 1130. The van der Waals surface area contributed by atoms with Crippen molar-refractivity contribution in [3.8, 4) is 0 Å². The van der Waals surface area contributed by atoms with E-state index in [-0.39, 0.29) is 11.9 Å². The molecule has 6 heteroatoms. The quantitative estimate of drug-likeness (QED) is 0.578. The summed E-state index contributed by atoms with van der Waals surface area (Å²) in [7, 11) is 0. The first kappa shape index (κ1) is 15.5. The number of nitrogens with one attached hydrogen (secondary N) is 1. The van der Waals surface area contributed by atoms with Gasteiger partial charge in [0.25, 0.3) is 5.91 Å². The second-order valence-corrected chi connectivity index (χ2v) is 7.19. The maximum atomic E-state index is 12.9. The predicted octanol–water partition coefficient (Wildman–Crippen LogP) is 4.26. The number of imidazole rings is 1. The molecule has 0 aliphatic carbocycles. The Kier molecular flexibility index (Phi) is 3.50. The van der Waals surface area contributed by atoms with Crippen molar-refractivity contribution in [3.63, 3.8) is 0 Å². The molecule has 1 atom stereocenters. The van der Waals surface area contributed by atoms with E-state index in [1.807, 2.05) is 53.7 Å². The van der Waals surface area contributed by atoms with Crippen LogP contribution in [0.25, 0.3) is 21.9 Å². The summed E-state index contributed by atoms with van der Waals surface area (Å²) in [4.78, 5) is 22.5. The fraction of sp³-hybridized carbons (Fsp3) is 0.200. The molecule has 1 fully saturated rings. The van der Waals surface area contributed by atoms with Gasteiger partial charge in [-0.2, -0.15) is 0 Å². The molecular weight excluding hydrogens is 348 g/mol. The summed E-state index contributed by atoms with van der Waals surface area (Å²) in [5.41, 5.74) is 3.64. The number of aromatic amines is 1. The molecule has 2 aromatic heterocycles. The number of aromatic nitrogens is 3. The number of carbonyl (C=O) groups is 1. The van der Waals surface area contributed by atoms with Crippen LogP contribution in [0.3, 0.4) is 0 Å². The molecule has 5 rings (SSSR count). The molecule has 2 aromatic carbocycles. The topological polar surface area (TPSA) is 53.9 Å². The number of hydrogen-bond donors (Lipinski definition) is 1. The monoisotopic (exact) mass is 364 g/mol. The van der Waals surface area contributed by atoms with E-state index < -0.39 is 0 Å². The lowest BCUT2D eigenvalue weighted by atomic mass is 10.2. The molecule has 0 unspecified atom stereocenters. The average Bonchev–Trinajstić information content (AvgIpc) is 3.37. The van der Waals surface area contributed by atoms with Gasteiger partial charge in [-0.15, -0.1) is 0 Å². The summed E-state index contributed by atoms with van der Waals surface area (Å²) in [6.07, 6.45) is 2.81. The number of halogens is 1. The summed E-state index contributed by atoms with van der Waals surface area (Å²) in [5.74, 6) is 0.0317. The Labute approximate surface area is 155 Å². The van der Waals surface area contributed by atoms with Crippen molar-refractivity contribution in [1.82, 2.24) is 19.4 Å². The highest BCUT2D eigenvalue weighted by Crippen LogP contribution is 2.28. The molecule has 26 heavy (non-hydrogen) atoms. The van der Waals surface area contributed by atoms with Crippen molar-refractivity contribution in [2.45, 2.75) is 12.5 Å². The minimum absolute atomic E-state index is 0.0317. The van der Waals surface area contributed by atoms with Gasteiger partial charge in [-0.25, -0.2) is 4.98 Å². The first-order valence-electron chi connectivity index (χ1n) is 8.68. The average molecular weight is 365 g/mol. The molecule has 1 aliphatic rings. The molecule has 0 saturated carbocycles. The maximum Gasteiger partial charge on any atom is 0.270 e. The Hall–Kier alpha value is -2.79. The van der Waals surface area contributed by atoms with Crippen molar-refractivity contribution in [3.05, 3.63) is 65.6 Å². The third kappa shape index (κ3) is 2.47. The molecule has 1 amide bonds. The largest absolute Gasteiger partial charge is 0.351 e. The highest BCUT2D eigenvalue weighted by molar-refractivity contribution is 6.31. The number of amides is 1. The third-order valence-electron chi connectivity index (χ3n) is 5.14. The number of benzene rings is 2. The number of nitrogens with zero attached hydrogens (tertiary/aromatic N) is 3. The molecule has 130 valence electrons. The van der Waals surface area contributed by atoms with E-state index in [2.05, 4.69) is 20.6 Å². The zero-order valence-electron chi connectivity index (χ0n) is 14.0. The van der Waals surface area contributed by atoms with Crippen LogP contribution < -0.4 is 0 Å². The van der Waals surface area contributed by atoms with Gasteiger partial charge in [0.2, 0.25) is 0 Å². The van der Waals surface area contributed by atoms with Crippen LogP contribution in [-0.4, -0.2) is 38.4 Å². The van der Waals surface area contributed by atoms with Gasteiger partial charge >= 0.3 is 0 Å². The minimum atomic E-state index is 0.0317. The van der Waals surface area contributed by atoms with Gasteiger partial charge in [0.1, 0.15) is 5.69 Å². The van der Waals surface area contributed by atoms with E-state index in [0.29, 0.717) is 17.3 Å². The normalized spacial score (nSPS) is 17.4. The van der Waals surface area contributed by atoms with E-state index in [9.17, 15) is 4.79 Å². The van der Waals surface area contributed by atoms with E-state index in [1.165, 1.54) is 0 Å². The fourth-order valence-corrected chi connectivity index (χ4v) is 3.99. The second-order valence-electron chi connectivity index (χ2n) is 6.75. The van der Waals surface area contributed by atoms with Crippen LogP contribution in [0.4, 0.5) is 0 Å². The van der Waals surface area contributed by atoms with Crippen molar-refractivity contribution < 1.29 is 4.79 Å².